The van der Waals surface area contributed by atoms with Crippen molar-refractivity contribution >= 4 is 18.5 Å². The van der Waals surface area contributed by atoms with Crippen LogP contribution in [0.25, 0.3) is 0 Å². The van der Waals surface area contributed by atoms with Crippen LogP contribution in [0.15, 0.2) is 10.5 Å². The number of hydrogen-bond donors (Lipinski definition) is 3. The van der Waals surface area contributed by atoms with Gasteiger partial charge in [-0.05, 0) is 13.0 Å². The molecule has 0 aromatic carbocycles. The van der Waals surface area contributed by atoms with Gasteiger partial charge in [0, 0.05) is 11.3 Å². The van der Waals surface area contributed by atoms with E-state index in [4.69, 9.17) is 10.3 Å². The van der Waals surface area contributed by atoms with Crippen LogP contribution in [0.2, 0.25) is 0 Å². The van der Waals surface area contributed by atoms with Crippen LogP contribution >= 0.6 is 12.6 Å². The van der Waals surface area contributed by atoms with Crippen molar-refractivity contribution in [3.05, 3.63) is 23.2 Å². The summed E-state index contributed by atoms with van der Waals surface area (Å²) in [5.41, 5.74) is 2.89. The molecule has 66 valence electrons. The SMILES string of the molecule is Cc1oc(C(=O)NN)cc1CS. The van der Waals surface area contributed by atoms with Crippen molar-refractivity contribution < 1.29 is 9.21 Å². The third-order valence-electron chi connectivity index (χ3n) is 1.55. The number of carbonyl (C=O) groups excluding carboxylic acids is 1. The largest absolute Gasteiger partial charge is 0.456 e. The summed E-state index contributed by atoms with van der Waals surface area (Å²) in [7, 11) is 0. The molecule has 0 atom stereocenters. The zero-order valence-corrected chi connectivity index (χ0v) is 7.52. The molecule has 0 bridgehead atoms. The second-order valence-corrected chi connectivity index (χ2v) is 2.64. The van der Waals surface area contributed by atoms with Crippen molar-refractivity contribution in [1.82, 2.24) is 5.43 Å². The fraction of sp³-hybridized carbons (Fsp3) is 0.286. The molecule has 0 saturated carbocycles. The summed E-state index contributed by atoms with van der Waals surface area (Å²) in [6.45, 7) is 1.78. The van der Waals surface area contributed by atoms with Crippen LogP contribution in [0.4, 0.5) is 0 Å². The Kier molecular flexibility index (Phi) is 2.78. The van der Waals surface area contributed by atoms with E-state index in [-0.39, 0.29) is 5.76 Å². The van der Waals surface area contributed by atoms with Gasteiger partial charge in [0.1, 0.15) is 5.76 Å². The minimum atomic E-state index is -0.425. The van der Waals surface area contributed by atoms with Crippen molar-refractivity contribution in [3.8, 4) is 0 Å². The first-order valence-electron chi connectivity index (χ1n) is 3.40. The lowest BCUT2D eigenvalue weighted by Crippen LogP contribution is -2.29. The molecule has 0 spiro atoms. The van der Waals surface area contributed by atoms with Gasteiger partial charge in [-0.3, -0.25) is 10.2 Å². The standard InChI is InChI=1S/C7H10N2O2S/c1-4-5(3-12)2-6(11-4)7(10)9-8/h2,12H,3,8H2,1H3,(H,9,10). The summed E-state index contributed by atoms with van der Waals surface area (Å²) in [5.74, 6) is 5.97. The number of nitrogens with two attached hydrogens (primary N) is 1. The van der Waals surface area contributed by atoms with Gasteiger partial charge in [-0.15, -0.1) is 0 Å². The predicted octanol–water partition coefficient (Wildman–Crippen LogP) is 0.621. The molecule has 0 aliphatic carbocycles. The lowest BCUT2D eigenvalue weighted by atomic mass is 10.3. The van der Waals surface area contributed by atoms with E-state index in [2.05, 4.69) is 12.6 Å². The Bertz CT molecular complexity index is 296. The van der Waals surface area contributed by atoms with Crippen LogP contribution in [-0.4, -0.2) is 5.91 Å². The second kappa shape index (κ2) is 3.64. The van der Waals surface area contributed by atoms with E-state index in [1.165, 1.54) is 0 Å². The first-order chi connectivity index (χ1) is 5.69. The van der Waals surface area contributed by atoms with E-state index < -0.39 is 5.91 Å². The highest BCUT2D eigenvalue weighted by Gasteiger charge is 2.11. The van der Waals surface area contributed by atoms with Crippen molar-refractivity contribution in [2.75, 3.05) is 0 Å². The molecule has 3 N–H and O–H groups in total. The van der Waals surface area contributed by atoms with Crippen LogP contribution in [0.3, 0.4) is 0 Å². The van der Waals surface area contributed by atoms with E-state index in [1.54, 1.807) is 13.0 Å². The number of hydrogen-bond acceptors (Lipinski definition) is 4. The first kappa shape index (κ1) is 9.15. The summed E-state index contributed by atoms with van der Waals surface area (Å²) < 4.78 is 5.12. The Hall–Kier alpha value is -0.940. The van der Waals surface area contributed by atoms with Crippen molar-refractivity contribution in [2.24, 2.45) is 5.84 Å². The topological polar surface area (TPSA) is 68.3 Å². The van der Waals surface area contributed by atoms with E-state index in [0.29, 0.717) is 11.5 Å². The fourth-order valence-corrected chi connectivity index (χ4v) is 1.17. The minimum Gasteiger partial charge on any atom is -0.456 e. The molecule has 1 heterocycles. The molecular weight excluding hydrogens is 176 g/mol. The number of amides is 1. The monoisotopic (exact) mass is 186 g/mol. The number of nitrogens with one attached hydrogen (secondary N) is 1. The van der Waals surface area contributed by atoms with Gasteiger partial charge in [-0.2, -0.15) is 12.6 Å². The molecule has 5 heteroatoms. The quantitative estimate of drug-likeness (QED) is 0.274. The Morgan fingerprint density at radius 2 is 2.50 bits per heavy atom. The van der Waals surface area contributed by atoms with Gasteiger partial charge in [-0.25, -0.2) is 5.84 Å². The number of nitrogen functional groups attached to an aromatic ring is 1. The van der Waals surface area contributed by atoms with E-state index in [9.17, 15) is 4.79 Å². The smallest absolute Gasteiger partial charge is 0.300 e. The van der Waals surface area contributed by atoms with Crippen LogP contribution in [-0.2, 0) is 5.75 Å². The number of hydrazine groups is 1. The molecule has 0 saturated heterocycles. The maximum absolute atomic E-state index is 10.9. The Morgan fingerprint density at radius 3 is 2.92 bits per heavy atom. The summed E-state index contributed by atoms with van der Waals surface area (Å²) in [6.07, 6.45) is 0. The summed E-state index contributed by atoms with van der Waals surface area (Å²) in [6, 6.07) is 1.63. The summed E-state index contributed by atoms with van der Waals surface area (Å²) in [5, 5.41) is 0. The molecule has 1 rings (SSSR count). The van der Waals surface area contributed by atoms with E-state index >= 15 is 0 Å². The van der Waals surface area contributed by atoms with Gasteiger partial charge in [0.05, 0.1) is 0 Å². The van der Waals surface area contributed by atoms with Crippen molar-refractivity contribution in [1.29, 1.82) is 0 Å². The van der Waals surface area contributed by atoms with Crippen LogP contribution in [0.5, 0.6) is 0 Å². The number of aryl methyl sites for hydroxylation is 1. The number of thiol groups is 1. The average molecular weight is 186 g/mol. The molecule has 1 aromatic rings. The fourth-order valence-electron chi connectivity index (χ4n) is 0.860. The molecule has 0 aliphatic rings. The summed E-state index contributed by atoms with van der Waals surface area (Å²) >= 11 is 4.07. The van der Waals surface area contributed by atoms with Gasteiger partial charge in [-0.1, -0.05) is 0 Å². The lowest BCUT2D eigenvalue weighted by molar-refractivity contribution is 0.0924. The lowest BCUT2D eigenvalue weighted by Gasteiger charge is -1.91. The van der Waals surface area contributed by atoms with Gasteiger partial charge in [0.15, 0.2) is 5.76 Å². The van der Waals surface area contributed by atoms with Crippen LogP contribution < -0.4 is 11.3 Å². The van der Waals surface area contributed by atoms with Gasteiger partial charge >= 0.3 is 5.91 Å². The zero-order valence-electron chi connectivity index (χ0n) is 6.63. The molecule has 12 heavy (non-hydrogen) atoms. The second-order valence-electron chi connectivity index (χ2n) is 2.32. The predicted molar refractivity (Wildman–Crippen MR) is 47.8 cm³/mol. The Balaban J connectivity index is 2.96. The van der Waals surface area contributed by atoms with Crippen LogP contribution in [0.1, 0.15) is 21.9 Å². The van der Waals surface area contributed by atoms with Crippen molar-refractivity contribution in [3.63, 3.8) is 0 Å². The minimum absolute atomic E-state index is 0.221. The highest BCUT2D eigenvalue weighted by Crippen LogP contribution is 2.15. The molecule has 0 aliphatic heterocycles. The molecule has 4 nitrogen and oxygen atoms in total. The highest BCUT2D eigenvalue weighted by atomic mass is 32.1. The van der Waals surface area contributed by atoms with E-state index in [0.717, 1.165) is 5.56 Å². The average Bonchev–Trinajstić information content (AvgIpc) is 2.45. The van der Waals surface area contributed by atoms with Gasteiger partial charge in [0.25, 0.3) is 0 Å². The first-order valence-corrected chi connectivity index (χ1v) is 4.03. The molecule has 0 unspecified atom stereocenters. The van der Waals surface area contributed by atoms with Crippen molar-refractivity contribution in [2.45, 2.75) is 12.7 Å². The number of carbonyl (C=O) groups is 1. The van der Waals surface area contributed by atoms with Gasteiger partial charge in [0.2, 0.25) is 0 Å². The molecule has 0 fully saturated rings. The molecular formula is C7H10N2O2S. The maximum atomic E-state index is 10.9. The van der Waals surface area contributed by atoms with E-state index in [1.807, 2.05) is 5.43 Å². The molecule has 1 amide bonds. The molecule has 1 aromatic heterocycles. The zero-order chi connectivity index (χ0) is 9.14. The number of rotatable bonds is 2. The Morgan fingerprint density at radius 1 is 1.83 bits per heavy atom. The highest BCUT2D eigenvalue weighted by molar-refractivity contribution is 7.79. The third kappa shape index (κ3) is 1.62. The normalized spacial score (nSPS) is 9.92. The molecule has 0 radical (unpaired) electrons. The summed E-state index contributed by atoms with van der Waals surface area (Å²) in [4.78, 5) is 10.9. The third-order valence-corrected chi connectivity index (χ3v) is 1.89. The maximum Gasteiger partial charge on any atom is 0.300 e. The number of furan rings is 1. The Labute approximate surface area is 75.5 Å². The van der Waals surface area contributed by atoms with Crippen LogP contribution in [0, 0.1) is 6.92 Å². The van der Waals surface area contributed by atoms with Gasteiger partial charge < -0.3 is 4.42 Å².